The third-order valence-electron chi connectivity index (χ3n) is 0.939. The molecule has 0 aliphatic heterocycles. The van der Waals surface area contributed by atoms with Crippen molar-refractivity contribution in [1.82, 2.24) is 15.0 Å². The van der Waals surface area contributed by atoms with E-state index in [1.54, 1.807) is 0 Å². The molecule has 1 aromatic rings. The molecule has 0 aromatic carbocycles. The number of ether oxygens (including phenoxy) is 2. The first-order valence-electron chi connectivity index (χ1n) is 2.77. The van der Waals surface area contributed by atoms with Crippen molar-refractivity contribution in [2.24, 2.45) is 0 Å². The van der Waals surface area contributed by atoms with Crippen LogP contribution < -0.4 is 66.0 Å². The van der Waals surface area contributed by atoms with Gasteiger partial charge in [-0.3, -0.25) is 0 Å². The monoisotopic (exact) mass is 195 g/mol. The molecule has 0 radical (unpaired) electrons. The summed E-state index contributed by atoms with van der Waals surface area (Å²) in [7, 11) is 2.71. The quantitative estimate of drug-likeness (QED) is 0.447. The molecule has 0 unspecified atom stereocenters. The molecule has 1 rings (SSSR count). The minimum absolute atomic E-state index is 0. The zero-order chi connectivity index (χ0) is 8.27. The van der Waals surface area contributed by atoms with Crippen molar-refractivity contribution in [3.8, 4) is 18.0 Å². The van der Waals surface area contributed by atoms with Gasteiger partial charge in [0.1, 0.15) is 0 Å². The van der Waals surface area contributed by atoms with Gasteiger partial charge in [-0.25, -0.2) is 0 Å². The van der Waals surface area contributed by atoms with Crippen molar-refractivity contribution in [2.45, 2.75) is 0 Å². The molecule has 0 atom stereocenters. The summed E-state index contributed by atoms with van der Waals surface area (Å²) in [4.78, 5) is 10.2. The summed E-state index contributed by atoms with van der Waals surface area (Å²) in [6.07, 6.45) is 0. The zero-order valence-corrected chi connectivity index (χ0v) is 10.2. The predicted molar refractivity (Wildman–Crippen MR) is 32.4 cm³/mol. The van der Waals surface area contributed by atoms with Gasteiger partial charge in [-0.2, -0.15) is 9.97 Å². The van der Waals surface area contributed by atoms with E-state index < -0.39 is 6.01 Å². The Labute approximate surface area is 112 Å². The van der Waals surface area contributed by atoms with Gasteiger partial charge >= 0.3 is 63.4 Å². The van der Waals surface area contributed by atoms with Gasteiger partial charge in [0.15, 0.2) is 0 Å². The fourth-order valence-electron chi connectivity index (χ4n) is 0.503. The Morgan fingerprint density at radius 2 is 1.42 bits per heavy atom. The summed E-state index contributed by atoms with van der Waals surface area (Å²) in [5, 5.41) is 10.6. The molecule has 0 saturated carbocycles. The summed E-state index contributed by atoms with van der Waals surface area (Å²) in [6.45, 7) is 0. The van der Waals surface area contributed by atoms with Crippen LogP contribution in [0.3, 0.4) is 0 Å². The smallest absolute Gasteiger partial charge is 0.844 e. The molecule has 0 N–H and O–H groups in total. The molecule has 0 bridgehead atoms. The molecule has 0 amide bonds. The number of nitrogens with zero attached hydrogens (tertiary/aromatic N) is 3. The second kappa shape index (κ2) is 5.65. The van der Waals surface area contributed by atoms with Gasteiger partial charge < -0.3 is 14.6 Å². The van der Waals surface area contributed by atoms with Crippen LogP contribution in [0.25, 0.3) is 0 Å². The summed E-state index contributed by atoms with van der Waals surface area (Å²) >= 11 is 0. The third-order valence-corrected chi connectivity index (χ3v) is 0.939. The Hall–Kier alpha value is 0.0464. The first kappa shape index (κ1) is 12.0. The van der Waals surface area contributed by atoms with Gasteiger partial charge in [-0.15, -0.1) is 4.98 Å². The average molecular weight is 195 g/mol. The summed E-state index contributed by atoms with van der Waals surface area (Å²) < 4.78 is 9.19. The average Bonchev–Trinajstić information content (AvgIpc) is 2.03. The van der Waals surface area contributed by atoms with E-state index in [1.165, 1.54) is 14.2 Å². The largest absolute Gasteiger partial charge is 1.00 e. The van der Waals surface area contributed by atoms with E-state index in [0.29, 0.717) is 0 Å². The predicted octanol–water partition coefficient (Wildman–Crippen LogP) is -4.03. The molecule has 6 nitrogen and oxygen atoms in total. The fourth-order valence-corrected chi connectivity index (χ4v) is 0.503. The standard InChI is InChI=1S/C5H7N3O3.K/c1-10-4-6-3(9)7-5(8-4)11-2;/h1-2H3,(H,6,7,8,9);/q;+1/p-1. The maximum absolute atomic E-state index is 10.6. The van der Waals surface area contributed by atoms with E-state index in [0.717, 1.165) is 0 Å². The summed E-state index contributed by atoms with van der Waals surface area (Å²) in [6, 6.07) is -0.752. The van der Waals surface area contributed by atoms with Crippen LogP contribution in [0.4, 0.5) is 0 Å². The van der Waals surface area contributed by atoms with E-state index in [2.05, 4.69) is 24.4 Å². The molecule has 12 heavy (non-hydrogen) atoms. The second-order valence-electron chi connectivity index (χ2n) is 1.59. The van der Waals surface area contributed by atoms with Crippen LogP contribution in [-0.4, -0.2) is 29.2 Å². The summed E-state index contributed by atoms with van der Waals surface area (Å²) in [5.41, 5.74) is 0. The maximum Gasteiger partial charge on any atom is 1.00 e. The van der Waals surface area contributed by atoms with Gasteiger partial charge in [0.25, 0.3) is 0 Å². The topological polar surface area (TPSA) is 80.2 Å². The number of hydrogen-bond acceptors (Lipinski definition) is 6. The Morgan fingerprint density at radius 3 is 1.75 bits per heavy atom. The van der Waals surface area contributed by atoms with Crippen molar-refractivity contribution in [3.05, 3.63) is 0 Å². The molecule has 0 fully saturated rings. The first-order chi connectivity index (χ1) is 5.26. The molecule has 0 aliphatic rings. The fraction of sp³-hybridized carbons (Fsp3) is 0.400. The van der Waals surface area contributed by atoms with E-state index in [4.69, 9.17) is 0 Å². The van der Waals surface area contributed by atoms with E-state index in [-0.39, 0.29) is 63.4 Å². The number of aromatic nitrogens is 3. The molecule has 0 saturated heterocycles. The second-order valence-corrected chi connectivity index (χ2v) is 1.59. The normalized spacial score (nSPS) is 8.50. The first-order valence-corrected chi connectivity index (χ1v) is 2.77. The van der Waals surface area contributed by atoms with Crippen molar-refractivity contribution >= 4 is 0 Å². The molecule has 0 spiro atoms. The van der Waals surface area contributed by atoms with E-state index in [1.807, 2.05) is 0 Å². The van der Waals surface area contributed by atoms with Crippen LogP contribution in [0.5, 0.6) is 18.0 Å². The Kier molecular flexibility index (Phi) is 5.67. The molecule has 0 aliphatic carbocycles. The van der Waals surface area contributed by atoms with E-state index >= 15 is 0 Å². The van der Waals surface area contributed by atoms with Gasteiger partial charge in [-0.1, -0.05) is 0 Å². The minimum atomic E-state index is -0.673. The van der Waals surface area contributed by atoms with Crippen molar-refractivity contribution in [1.29, 1.82) is 0 Å². The molecular formula is C5H6KN3O3. The SMILES string of the molecule is COc1nc([O-])nc(OC)n1.[K+]. The molecular weight excluding hydrogens is 189 g/mol. The minimum Gasteiger partial charge on any atom is -0.844 e. The van der Waals surface area contributed by atoms with Gasteiger partial charge in [0.2, 0.25) is 0 Å². The maximum atomic E-state index is 10.6. The molecule has 60 valence electrons. The van der Waals surface area contributed by atoms with Crippen molar-refractivity contribution in [2.75, 3.05) is 14.2 Å². The van der Waals surface area contributed by atoms with Crippen LogP contribution in [0.15, 0.2) is 0 Å². The van der Waals surface area contributed by atoms with Crippen LogP contribution in [0, 0.1) is 0 Å². The van der Waals surface area contributed by atoms with Crippen molar-refractivity contribution in [3.63, 3.8) is 0 Å². The number of hydrogen-bond donors (Lipinski definition) is 0. The Bertz CT molecular complexity index is 235. The van der Waals surface area contributed by atoms with Crippen LogP contribution in [0.1, 0.15) is 0 Å². The Balaban J connectivity index is 0.00000121. The number of methoxy groups -OCH3 is 2. The number of rotatable bonds is 2. The summed E-state index contributed by atoms with van der Waals surface area (Å²) in [5.74, 6) is 0. The zero-order valence-electron chi connectivity index (χ0n) is 7.07. The van der Waals surface area contributed by atoms with Crippen LogP contribution >= 0.6 is 0 Å². The van der Waals surface area contributed by atoms with Gasteiger partial charge in [0.05, 0.1) is 20.2 Å². The van der Waals surface area contributed by atoms with Crippen LogP contribution in [0.2, 0.25) is 0 Å². The molecule has 1 heterocycles. The Morgan fingerprint density at radius 1 is 1.00 bits per heavy atom. The van der Waals surface area contributed by atoms with E-state index in [9.17, 15) is 5.11 Å². The third kappa shape index (κ3) is 3.19. The van der Waals surface area contributed by atoms with Crippen LogP contribution in [-0.2, 0) is 0 Å². The molecule has 7 heteroatoms. The van der Waals surface area contributed by atoms with Gasteiger partial charge in [0, 0.05) is 0 Å². The van der Waals surface area contributed by atoms with Gasteiger partial charge in [-0.05, 0) is 0 Å². The molecule has 1 aromatic heterocycles. The van der Waals surface area contributed by atoms with Crippen molar-refractivity contribution < 1.29 is 66.0 Å².